The van der Waals surface area contributed by atoms with Crippen LogP contribution in [0.5, 0.6) is 5.75 Å². The highest BCUT2D eigenvalue weighted by Crippen LogP contribution is 2.23. The summed E-state index contributed by atoms with van der Waals surface area (Å²) in [4.78, 5) is 18.0. The Morgan fingerprint density at radius 1 is 1.03 bits per heavy atom. The molecule has 0 atom stereocenters. The number of hydrogen-bond acceptors (Lipinski definition) is 4. The number of aryl methyl sites for hydroxylation is 2. The fourth-order valence-electron chi connectivity index (χ4n) is 3.84. The molecule has 0 aliphatic carbocycles. The van der Waals surface area contributed by atoms with E-state index in [0.29, 0.717) is 6.61 Å². The highest BCUT2D eigenvalue weighted by atomic mass is 35.5. The Labute approximate surface area is 193 Å². The van der Waals surface area contributed by atoms with Crippen molar-refractivity contribution in [3.63, 3.8) is 0 Å². The Hall–Kier alpha value is -2.34. The zero-order valence-electron chi connectivity index (χ0n) is 17.9. The van der Waals surface area contributed by atoms with Gasteiger partial charge in [-0.05, 0) is 54.6 Å². The summed E-state index contributed by atoms with van der Waals surface area (Å²) >= 11 is 7.59. The van der Waals surface area contributed by atoms with Crippen molar-refractivity contribution < 1.29 is 9.53 Å². The minimum atomic E-state index is 0.116. The van der Waals surface area contributed by atoms with Crippen LogP contribution in [-0.2, 0) is 13.2 Å². The van der Waals surface area contributed by atoms with Crippen molar-refractivity contribution in [1.82, 2.24) is 9.80 Å². The molecule has 0 N–H and O–H groups in total. The van der Waals surface area contributed by atoms with Gasteiger partial charge in [-0.15, -0.1) is 11.3 Å². The highest BCUT2D eigenvalue weighted by molar-refractivity contribution is 7.12. The van der Waals surface area contributed by atoms with Crippen LogP contribution >= 0.6 is 22.9 Å². The van der Waals surface area contributed by atoms with E-state index in [9.17, 15) is 4.79 Å². The van der Waals surface area contributed by atoms with Gasteiger partial charge in [-0.25, -0.2) is 0 Å². The molecule has 6 heteroatoms. The molecular weight excluding hydrogens is 428 g/mol. The van der Waals surface area contributed by atoms with Gasteiger partial charge in [0.05, 0.1) is 4.88 Å². The number of carbonyl (C=O) groups excluding carboxylic acids is 1. The van der Waals surface area contributed by atoms with E-state index < -0.39 is 0 Å². The maximum absolute atomic E-state index is 12.9. The number of halogens is 1. The number of benzene rings is 2. The quantitative estimate of drug-likeness (QED) is 0.489. The predicted molar refractivity (Wildman–Crippen MR) is 127 cm³/mol. The third-order valence-electron chi connectivity index (χ3n) is 5.54. The second kappa shape index (κ2) is 9.86. The molecule has 4 rings (SSSR count). The van der Waals surface area contributed by atoms with Gasteiger partial charge in [0.25, 0.3) is 5.91 Å². The summed E-state index contributed by atoms with van der Waals surface area (Å²) in [7, 11) is 0. The Balaban J connectivity index is 1.29. The van der Waals surface area contributed by atoms with E-state index in [4.69, 9.17) is 16.3 Å². The van der Waals surface area contributed by atoms with E-state index in [-0.39, 0.29) is 5.91 Å². The van der Waals surface area contributed by atoms with Crippen LogP contribution in [0.15, 0.2) is 53.9 Å². The van der Waals surface area contributed by atoms with Crippen LogP contribution in [0.3, 0.4) is 0 Å². The summed E-state index contributed by atoms with van der Waals surface area (Å²) in [6.07, 6.45) is 0. The van der Waals surface area contributed by atoms with Crippen molar-refractivity contribution in [1.29, 1.82) is 0 Å². The van der Waals surface area contributed by atoms with Gasteiger partial charge in [-0.3, -0.25) is 9.69 Å². The van der Waals surface area contributed by atoms with Gasteiger partial charge < -0.3 is 9.64 Å². The first-order valence-corrected chi connectivity index (χ1v) is 11.8. The minimum absolute atomic E-state index is 0.116. The molecule has 0 unspecified atom stereocenters. The zero-order valence-corrected chi connectivity index (χ0v) is 19.5. The van der Waals surface area contributed by atoms with E-state index in [0.717, 1.165) is 59.5 Å². The number of amides is 1. The lowest BCUT2D eigenvalue weighted by molar-refractivity contribution is 0.0633. The fraction of sp³-hybridized carbons (Fsp3) is 0.320. The van der Waals surface area contributed by atoms with Gasteiger partial charge in [0, 0.05) is 43.3 Å². The van der Waals surface area contributed by atoms with Crippen molar-refractivity contribution >= 4 is 28.8 Å². The Morgan fingerprint density at radius 3 is 2.58 bits per heavy atom. The average molecular weight is 455 g/mol. The SMILES string of the molecule is Cc1ccc(OCc2csc(C(=O)N3CCN(Cc4cccc(Cl)c4)CC3)c2)c(C)c1. The smallest absolute Gasteiger partial charge is 0.264 e. The van der Waals surface area contributed by atoms with Crippen LogP contribution in [-0.4, -0.2) is 41.9 Å². The van der Waals surface area contributed by atoms with E-state index >= 15 is 0 Å². The maximum atomic E-state index is 12.9. The molecule has 1 amide bonds. The van der Waals surface area contributed by atoms with Crippen LogP contribution < -0.4 is 4.74 Å². The van der Waals surface area contributed by atoms with Crippen LogP contribution in [0.4, 0.5) is 0 Å². The lowest BCUT2D eigenvalue weighted by Gasteiger charge is -2.34. The van der Waals surface area contributed by atoms with Gasteiger partial charge in [0.2, 0.25) is 0 Å². The minimum Gasteiger partial charge on any atom is -0.489 e. The molecule has 1 aliphatic heterocycles. The van der Waals surface area contributed by atoms with Gasteiger partial charge in [0.15, 0.2) is 0 Å². The number of nitrogens with zero attached hydrogens (tertiary/aromatic N) is 2. The predicted octanol–water partition coefficient (Wildman–Crippen LogP) is 5.56. The summed E-state index contributed by atoms with van der Waals surface area (Å²) in [6.45, 7) is 8.68. The van der Waals surface area contributed by atoms with Crippen molar-refractivity contribution in [2.75, 3.05) is 26.2 Å². The Morgan fingerprint density at radius 2 is 1.84 bits per heavy atom. The lowest BCUT2D eigenvalue weighted by Crippen LogP contribution is -2.48. The van der Waals surface area contributed by atoms with Crippen molar-refractivity contribution in [3.8, 4) is 5.75 Å². The Bertz CT molecular complexity index is 1060. The molecule has 1 aliphatic rings. The summed E-state index contributed by atoms with van der Waals surface area (Å²) in [5, 5.41) is 2.79. The Kier molecular flexibility index (Phi) is 6.96. The molecule has 1 aromatic heterocycles. The molecule has 4 nitrogen and oxygen atoms in total. The van der Waals surface area contributed by atoms with Crippen molar-refractivity contribution in [2.45, 2.75) is 27.0 Å². The highest BCUT2D eigenvalue weighted by Gasteiger charge is 2.23. The zero-order chi connectivity index (χ0) is 21.8. The van der Waals surface area contributed by atoms with Gasteiger partial charge in [-0.2, -0.15) is 0 Å². The summed E-state index contributed by atoms with van der Waals surface area (Å²) in [6, 6.07) is 16.1. The fourth-order valence-corrected chi connectivity index (χ4v) is 4.92. The molecule has 162 valence electrons. The monoisotopic (exact) mass is 454 g/mol. The second-order valence-electron chi connectivity index (χ2n) is 8.08. The van der Waals surface area contributed by atoms with E-state index in [1.165, 1.54) is 22.5 Å². The number of hydrogen-bond donors (Lipinski definition) is 0. The third kappa shape index (κ3) is 5.67. The summed E-state index contributed by atoms with van der Waals surface area (Å²) in [5.74, 6) is 1.01. The van der Waals surface area contributed by atoms with Crippen LogP contribution in [0, 0.1) is 13.8 Å². The van der Waals surface area contributed by atoms with Crippen LogP contribution in [0.25, 0.3) is 0 Å². The number of rotatable bonds is 6. The largest absolute Gasteiger partial charge is 0.489 e. The first kappa shape index (κ1) is 21.9. The molecule has 0 spiro atoms. The second-order valence-corrected chi connectivity index (χ2v) is 9.42. The first-order chi connectivity index (χ1) is 15.0. The van der Waals surface area contributed by atoms with Gasteiger partial charge in [0.1, 0.15) is 12.4 Å². The topological polar surface area (TPSA) is 32.8 Å². The van der Waals surface area contributed by atoms with Crippen molar-refractivity contribution in [3.05, 3.63) is 86.1 Å². The van der Waals surface area contributed by atoms with Crippen molar-refractivity contribution in [2.24, 2.45) is 0 Å². The summed E-state index contributed by atoms with van der Waals surface area (Å²) in [5.41, 5.74) is 4.59. The van der Waals surface area contributed by atoms with E-state index in [2.05, 4.69) is 36.9 Å². The number of thiophene rings is 1. The lowest BCUT2D eigenvalue weighted by atomic mass is 10.1. The number of piperazine rings is 1. The molecule has 2 heterocycles. The van der Waals surface area contributed by atoms with Gasteiger partial charge >= 0.3 is 0 Å². The van der Waals surface area contributed by atoms with Crippen LogP contribution in [0.2, 0.25) is 5.02 Å². The number of ether oxygens (including phenoxy) is 1. The molecule has 0 bridgehead atoms. The molecule has 1 fully saturated rings. The normalized spacial score (nSPS) is 14.6. The van der Waals surface area contributed by atoms with E-state index in [1.807, 2.05) is 40.6 Å². The standard InChI is InChI=1S/C25H27ClN2O2S/c1-18-6-7-23(19(2)12-18)30-16-21-14-24(31-17-21)25(29)28-10-8-27(9-11-28)15-20-4-3-5-22(26)13-20/h3-7,12-14,17H,8-11,15-16H2,1-2H3. The van der Waals surface area contributed by atoms with Crippen LogP contribution in [0.1, 0.15) is 31.9 Å². The maximum Gasteiger partial charge on any atom is 0.264 e. The molecule has 1 saturated heterocycles. The molecule has 0 radical (unpaired) electrons. The number of carbonyl (C=O) groups is 1. The molecule has 31 heavy (non-hydrogen) atoms. The molecule has 3 aromatic rings. The average Bonchev–Trinajstić information content (AvgIpc) is 3.22. The molecule has 2 aromatic carbocycles. The molecular formula is C25H27ClN2O2S. The van der Waals surface area contributed by atoms with Gasteiger partial charge in [-0.1, -0.05) is 41.4 Å². The summed E-state index contributed by atoms with van der Waals surface area (Å²) < 4.78 is 5.96. The molecule has 0 saturated carbocycles. The third-order valence-corrected chi connectivity index (χ3v) is 6.75. The first-order valence-electron chi connectivity index (χ1n) is 10.5. The van der Waals surface area contributed by atoms with E-state index in [1.54, 1.807) is 0 Å².